The maximum Gasteiger partial charge on any atom is 0.221 e. The first-order valence-electron chi connectivity index (χ1n) is 8.00. The van der Waals surface area contributed by atoms with E-state index >= 15 is 0 Å². The second-order valence-electron chi connectivity index (χ2n) is 5.74. The molecule has 4 nitrogen and oxygen atoms in total. The van der Waals surface area contributed by atoms with Crippen molar-refractivity contribution in [2.24, 2.45) is 0 Å². The molecule has 132 valence electrons. The van der Waals surface area contributed by atoms with Crippen molar-refractivity contribution in [3.63, 3.8) is 0 Å². The van der Waals surface area contributed by atoms with E-state index in [-0.39, 0.29) is 30.7 Å². The van der Waals surface area contributed by atoms with E-state index in [4.69, 9.17) is 0 Å². The average molecular weight is 362 g/mol. The molecule has 0 spiro atoms. The minimum Gasteiger partial charge on any atom is -0.352 e. The molecule has 0 saturated carbocycles. The second kappa shape index (κ2) is 12.6. The van der Waals surface area contributed by atoms with E-state index in [1.54, 1.807) is 0 Å². The van der Waals surface area contributed by atoms with Crippen molar-refractivity contribution < 1.29 is 4.79 Å². The molecule has 0 atom stereocenters. The summed E-state index contributed by atoms with van der Waals surface area (Å²) in [6, 6.07) is 8.45. The molecule has 1 amide bonds. The molecule has 2 N–H and O–H groups in total. The normalized spacial score (nSPS) is 14.5. The standard InChI is InChI=1S/C17H27N3O.2ClH/c1-18-10-9-17(21)19-13-15-7-3-4-8-16(15)14-20-11-5-2-6-12-20;;/h3-4,7-8,18H,2,5-6,9-14H2,1H3,(H,19,21);2*1H. The van der Waals surface area contributed by atoms with Gasteiger partial charge in [-0.25, -0.2) is 0 Å². The Balaban J connectivity index is 0.00000242. The second-order valence-corrected chi connectivity index (χ2v) is 5.74. The number of nitrogens with zero attached hydrogens (tertiary/aromatic N) is 1. The number of piperidine rings is 1. The van der Waals surface area contributed by atoms with Crippen molar-refractivity contribution >= 4 is 30.7 Å². The van der Waals surface area contributed by atoms with Crippen LogP contribution in [-0.2, 0) is 17.9 Å². The summed E-state index contributed by atoms with van der Waals surface area (Å²) >= 11 is 0. The Kier molecular flexibility index (Phi) is 12.1. The van der Waals surface area contributed by atoms with Crippen LogP contribution in [0.1, 0.15) is 36.8 Å². The lowest BCUT2D eigenvalue weighted by molar-refractivity contribution is -0.121. The van der Waals surface area contributed by atoms with Gasteiger partial charge in [-0.1, -0.05) is 30.7 Å². The fourth-order valence-corrected chi connectivity index (χ4v) is 2.76. The summed E-state index contributed by atoms with van der Waals surface area (Å²) in [7, 11) is 1.86. The number of hydrogen-bond acceptors (Lipinski definition) is 3. The van der Waals surface area contributed by atoms with Crippen LogP contribution < -0.4 is 10.6 Å². The molecule has 0 aliphatic carbocycles. The van der Waals surface area contributed by atoms with Crippen LogP contribution in [0.2, 0.25) is 0 Å². The van der Waals surface area contributed by atoms with E-state index in [1.807, 2.05) is 7.05 Å². The number of rotatable bonds is 7. The number of nitrogens with one attached hydrogen (secondary N) is 2. The van der Waals surface area contributed by atoms with Crippen LogP contribution in [0.15, 0.2) is 24.3 Å². The van der Waals surface area contributed by atoms with Gasteiger partial charge in [-0.05, 0) is 44.1 Å². The zero-order chi connectivity index (χ0) is 14.9. The first-order valence-corrected chi connectivity index (χ1v) is 8.00. The first-order chi connectivity index (χ1) is 10.3. The molecular weight excluding hydrogens is 333 g/mol. The van der Waals surface area contributed by atoms with Gasteiger partial charge in [0.1, 0.15) is 0 Å². The molecule has 0 radical (unpaired) electrons. The number of amides is 1. The molecule has 2 rings (SSSR count). The fourth-order valence-electron chi connectivity index (χ4n) is 2.76. The van der Waals surface area contributed by atoms with Crippen LogP contribution in [-0.4, -0.2) is 37.5 Å². The van der Waals surface area contributed by atoms with E-state index in [1.165, 1.54) is 43.5 Å². The summed E-state index contributed by atoms with van der Waals surface area (Å²) in [6.07, 6.45) is 4.51. The lowest BCUT2D eigenvalue weighted by Crippen LogP contribution is -2.30. The van der Waals surface area contributed by atoms with Gasteiger partial charge in [-0.3, -0.25) is 9.69 Å². The Morgan fingerprint density at radius 1 is 1.09 bits per heavy atom. The monoisotopic (exact) mass is 361 g/mol. The quantitative estimate of drug-likeness (QED) is 0.784. The lowest BCUT2D eigenvalue weighted by Gasteiger charge is -2.27. The Morgan fingerprint density at radius 2 is 1.74 bits per heavy atom. The van der Waals surface area contributed by atoms with Crippen LogP contribution >= 0.6 is 24.8 Å². The maximum absolute atomic E-state index is 11.7. The number of halogens is 2. The summed E-state index contributed by atoms with van der Waals surface area (Å²) in [4.78, 5) is 14.2. The third-order valence-corrected chi connectivity index (χ3v) is 4.04. The SMILES string of the molecule is CNCCC(=O)NCc1ccccc1CN1CCCCC1.Cl.Cl. The molecule has 1 aromatic carbocycles. The topological polar surface area (TPSA) is 44.4 Å². The summed E-state index contributed by atoms with van der Waals surface area (Å²) in [5.74, 6) is 0.108. The highest BCUT2D eigenvalue weighted by molar-refractivity contribution is 5.85. The van der Waals surface area contributed by atoms with Crippen molar-refractivity contribution in [1.82, 2.24) is 15.5 Å². The molecule has 6 heteroatoms. The molecule has 1 saturated heterocycles. The highest BCUT2D eigenvalue weighted by Gasteiger charge is 2.12. The maximum atomic E-state index is 11.7. The van der Waals surface area contributed by atoms with Crippen LogP contribution in [0.5, 0.6) is 0 Å². The van der Waals surface area contributed by atoms with Crippen molar-refractivity contribution in [3.05, 3.63) is 35.4 Å². The molecule has 1 heterocycles. The number of benzene rings is 1. The number of likely N-dealkylation sites (tertiary alicyclic amines) is 1. The van der Waals surface area contributed by atoms with Gasteiger partial charge in [0.2, 0.25) is 5.91 Å². The molecule has 1 aliphatic heterocycles. The van der Waals surface area contributed by atoms with E-state index in [0.29, 0.717) is 13.0 Å². The third kappa shape index (κ3) is 8.02. The largest absolute Gasteiger partial charge is 0.352 e. The van der Waals surface area contributed by atoms with Gasteiger partial charge in [0.15, 0.2) is 0 Å². The zero-order valence-electron chi connectivity index (χ0n) is 13.8. The van der Waals surface area contributed by atoms with Crippen molar-refractivity contribution in [1.29, 1.82) is 0 Å². The van der Waals surface area contributed by atoms with Gasteiger partial charge in [-0.15, -0.1) is 24.8 Å². The van der Waals surface area contributed by atoms with Gasteiger partial charge in [0, 0.05) is 26.1 Å². The van der Waals surface area contributed by atoms with E-state index in [0.717, 1.165) is 13.1 Å². The molecule has 1 aliphatic rings. The number of hydrogen-bond donors (Lipinski definition) is 2. The molecule has 1 aromatic rings. The van der Waals surface area contributed by atoms with Crippen molar-refractivity contribution in [2.45, 2.75) is 38.8 Å². The number of carbonyl (C=O) groups is 1. The van der Waals surface area contributed by atoms with E-state index in [9.17, 15) is 4.79 Å². The first kappa shape index (κ1) is 22.2. The van der Waals surface area contributed by atoms with Crippen molar-refractivity contribution in [3.8, 4) is 0 Å². The Morgan fingerprint density at radius 3 is 2.39 bits per heavy atom. The van der Waals surface area contributed by atoms with E-state index < -0.39 is 0 Å². The van der Waals surface area contributed by atoms with Gasteiger partial charge in [-0.2, -0.15) is 0 Å². The highest BCUT2D eigenvalue weighted by Crippen LogP contribution is 2.16. The summed E-state index contributed by atoms with van der Waals surface area (Å²) < 4.78 is 0. The summed E-state index contributed by atoms with van der Waals surface area (Å²) in [5, 5.41) is 6.01. The predicted molar refractivity (Wildman–Crippen MR) is 100 cm³/mol. The minimum absolute atomic E-state index is 0. The fraction of sp³-hybridized carbons (Fsp3) is 0.588. The van der Waals surface area contributed by atoms with Crippen LogP contribution in [0.3, 0.4) is 0 Å². The van der Waals surface area contributed by atoms with Crippen LogP contribution in [0, 0.1) is 0 Å². The highest BCUT2D eigenvalue weighted by atomic mass is 35.5. The van der Waals surface area contributed by atoms with Crippen LogP contribution in [0.25, 0.3) is 0 Å². The Bertz CT molecular complexity index is 451. The molecule has 23 heavy (non-hydrogen) atoms. The molecule has 0 unspecified atom stereocenters. The predicted octanol–water partition coefficient (Wildman–Crippen LogP) is 2.74. The van der Waals surface area contributed by atoms with Gasteiger partial charge < -0.3 is 10.6 Å². The van der Waals surface area contributed by atoms with Crippen molar-refractivity contribution in [2.75, 3.05) is 26.7 Å². The Labute approximate surface area is 152 Å². The van der Waals surface area contributed by atoms with Gasteiger partial charge in [0.25, 0.3) is 0 Å². The minimum atomic E-state index is 0. The molecule has 1 fully saturated rings. The zero-order valence-corrected chi connectivity index (χ0v) is 15.5. The smallest absolute Gasteiger partial charge is 0.221 e. The van der Waals surface area contributed by atoms with Crippen LogP contribution in [0.4, 0.5) is 0 Å². The third-order valence-electron chi connectivity index (χ3n) is 4.04. The van der Waals surface area contributed by atoms with E-state index in [2.05, 4.69) is 39.8 Å². The Hall–Kier alpha value is -0.810. The lowest BCUT2D eigenvalue weighted by atomic mass is 10.0. The van der Waals surface area contributed by atoms with Gasteiger partial charge in [0.05, 0.1) is 0 Å². The average Bonchev–Trinajstić information content (AvgIpc) is 2.53. The summed E-state index contributed by atoms with van der Waals surface area (Å²) in [5.41, 5.74) is 2.58. The summed E-state index contributed by atoms with van der Waals surface area (Å²) in [6.45, 7) is 4.75. The number of carbonyl (C=O) groups excluding carboxylic acids is 1. The van der Waals surface area contributed by atoms with Gasteiger partial charge >= 0.3 is 0 Å². The molecular formula is C17H29Cl2N3O. The molecule has 0 aromatic heterocycles. The molecule has 0 bridgehead atoms.